The van der Waals surface area contributed by atoms with Crippen LogP contribution in [0.3, 0.4) is 0 Å². The van der Waals surface area contributed by atoms with Gasteiger partial charge in [0.05, 0.1) is 16.7 Å². The highest BCUT2D eigenvalue weighted by Crippen LogP contribution is 2.39. The minimum Gasteiger partial charge on any atom is -0.370 e. The number of rotatable bonds is 3. The number of fused-ring (bicyclic) bond motifs is 5. The molecule has 4 aromatic rings. The van der Waals surface area contributed by atoms with E-state index in [1.165, 1.54) is 27.2 Å². The van der Waals surface area contributed by atoms with E-state index >= 15 is 0 Å². The summed E-state index contributed by atoms with van der Waals surface area (Å²) in [6.07, 6.45) is 0. The monoisotopic (exact) mass is 318 g/mol. The molecule has 0 amide bonds. The third-order valence-corrected chi connectivity index (χ3v) is 4.81. The summed E-state index contributed by atoms with van der Waals surface area (Å²) in [4.78, 5) is 5.02. The van der Waals surface area contributed by atoms with E-state index < -0.39 is 5.60 Å². The molecule has 0 saturated carbocycles. The first kappa shape index (κ1) is 15.2. The van der Waals surface area contributed by atoms with Crippen molar-refractivity contribution in [2.45, 2.75) is 26.4 Å². The second kappa shape index (κ2) is 5.32. The van der Waals surface area contributed by atoms with Crippen LogP contribution < -0.4 is 0 Å². The maximum absolute atomic E-state index is 6.06. The topological polar surface area (TPSA) is 27.1 Å². The number of aromatic nitrogens is 2. The Hall–Kier alpha value is -2.39. The molecule has 2 aromatic carbocycles. The lowest BCUT2D eigenvalue weighted by Gasteiger charge is -2.25. The van der Waals surface area contributed by atoms with Crippen molar-refractivity contribution in [3.63, 3.8) is 0 Å². The Bertz CT molecular complexity index is 1060. The van der Waals surface area contributed by atoms with Gasteiger partial charge in [-0.3, -0.25) is 0 Å². The summed E-state index contributed by atoms with van der Waals surface area (Å²) in [6.45, 7) is 6.90. The van der Waals surface area contributed by atoms with Crippen molar-refractivity contribution in [2.24, 2.45) is 7.05 Å². The average molecular weight is 318 g/mol. The summed E-state index contributed by atoms with van der Waals surface area (Å²) in [5.74, 6) is 0. The molecule has 0 aliphatic heterocycles. The summed E-state index contributed by atoms with van der Waals surface area (Å²) in [7, 11) is 2.13. The quantitative estimate of drug-likeness (QED) is 0.522. The Balaban J connectivity index is 2.28. The number of hydrogen-bond donors (Lipinski definition) is 0. The van der Waals surface area contributed by atoms with Crippen molar-refractivity contribution in [3.8, 4) is 0 Å². The number of benzene rings is 2. The second-order valence-corrected chi connectivity index (χ2v) is 6.72. The molecule has 0 bridgehead atoms. The van der Waals surface area contributed by atoms with Crippen LogP contribution >= 0.6 is 0 Å². The summed E-state index contributed by atoms with van der Waals surface area (Å²) in [5.41, 5.74) is 4.03. The molecule has 0 atom stereocenters. The van der Waals surface area contributed by atoms with E-state index in [4.69, 9.17) is 9.72 Å². The predicted molar refractivity (Wildman–Crippen MR) is 100 cm³/mol. The van der Waals surface area contributed by atoms with E-state index in [0.29, 0.717) is 6.61 Å². The van der Waals surface area contributed by atoms with Gasteiger partial charge in [-0.1, -0.05) is 36.4 Å². The number of ether oxygens (including phenoxy) is 1. The van der Waals surface area contributed by atoms with Crippen LogP contribution in [0.1, 0.15) is 26.5 Å². The van der Waals surface area contributed by atoms with Crippen LogP contribution in [-0.2, 0) is 17.4 Å². The normalized spacial score (nSPS) is 12.5. The van der Waals surface area contributed by atoms with Crippen LogP contribution in [0.15, 0.2) is 48.5 Å². The number of para-hydroxylation sites is 2. The maximum Gasteiger partial charge on any atom is 0.105 e. The highest BCUT2D eigenvalue weighted by atomic mass is 16.5. The number of pyridine rings is 1. The molecular formula is C21H22N2O. The van der Waals surface area contributed by atoms with Gasteiger partial charge in [-0.05, 0) is 32.9 Å². The molecule has 2 heterocycles. The van der Waals surface area contributed by atoms with Crippen LogP contribution in [0.25, 0.3) is 32.7 Å². The van der Waals surface area contributed by atoms with Crippen molar-refractivity contribution in [1.29, 1.82) is 0 Å². The van der Waals surface area contributed by atoms with E-state index in [1.807, 2.05) is 13.0 Å². The van der Waals surface area contributed by atoms with E-state index in [0.717, 1.165) is 11.2 Å². The van der Waals surface area contributed by atoms with Crippen molar-refractivity contribution in [3.05, 3.63) is 54.2 Å². The summed E-state index contributed by atoms with van der Waals surface area (Å²) >= 11 is 0. The molecule has 24 heavy (non-hydrogen) atoms. The third-order valence-electron chi connectivity index (χ3n) is 4.81. The molecule has 4 rings (SSSR count). The Morgan fingerprint density at radius 1 is 1.00 bits per heavy atom. The molecule has 0 N–H and O–H groups in total. The number of aryl methyl sites for hydroxylation is 1. The van der Waals surface area contributed by atoms with Gasteiger partial charge in [-0.15, -0.1) is 0 Å². The lowest BCUT2D eigenvalue weighted by Crippen LogP contribution is -2.23. The van der Waals surface area contributed by atoms with Crippen LogP contribution in [0, 0.1) is 0 Å². The van der Waals surface area contributed by atoms with Gasteiger partial charge in [-0.25, -0.2) is 4.98 Å². The molecule has 122 valence electrons. The van der Waals surface area contributed by atoms with Crippen molar-refractivity contribution < 1.29 is 4.74 Å². The summed E-state index contributed by atoms with van der Waals surface area (Å²) < 4.78 is 8.34. The van der Waals surface area contributed by atoms with E-state index in [9.17, 15) is 0 Å². The van der Waals surface area contributed by atoms with E-state index in [2.05, 4.69) is 67.9 Å². The molecule has 0 aliphatic rings. The van der Waals surface area contributed by atoms with Gasteiger partial charge < -0.3 is 9.30 Å². The highest BCUT2D eigenvalue weighted by Gasteiger charge is 2.28. The SMILES string of the molecule is CCOC(C)(C)c1nc2ccccc2c2c1c1ccccc1n2C. The van der Waals surface area contributed by atoms with Gasteiger partial charge in [0.2, 0.25) is 0 Å². The fraction of sp³-hybridized carbons (Fsp3) is 0.286. The fourth-order valence-corrected chi connectivity index (χ4v) is 3.76. The van der Waals surface area contributed by atoms with Gasteiger partial charge in [-0.2, -0.15) is 0 Å². The standard InChI is InChI=1S/C21H22N2O/c1-5-24-21(2,3)20-18-15-11-7-9-13-17(15)23(4)19(18)14-10-6-8-12-16(14)22-20/h6-13H,5H2,1-4H3. The molecule has 2 aromatic heterocycles. The molecule has 0 spiro atoms. The summed E-state index contributed by atoms with van der Waals surface area (Å²) in [5, 5.41) is 3.61. The fourth-order valence-electron chi connectivity index (χ4n) is 3.76. The average Bonchev–Trinajstić information content (AvgIpc) is 2.88. The molecule has 0 aliphatic carbocycles. The molecule has 3 nitrogen and oxygen atoms in total. The number of hydrogen-bond acceptors (Lipinski definition) is 2. The molecular weight excluding hydrogens is 296 g/mol. The van der Waals surface area contributed by atoms with Crippen molar-refractivity contribution in [2.75, 3.05) is 6.61 Å². The van der Waals surface area contributed by atoms with E-state index in [1.54, 1.807) is 0 Å². The largest absolute Gasteiger partial charge is 0.370 e. The minimum atomic E-state index is -0.443. The molecule has 3 heteroatoms. The lowest BCUT2D eigenvalue weighted by atomic mass is 9.97. The van der Waals surface area contributed by atoms with Gasteiger partial charge >= 0.3 is 0 Å². The molecule has 0 unspecified atom stereocenters. The van der Waals surface area contributed by atoms with Crippen LogP contribution in [0.4, 0.5) is 0 Å². The van der Waals surface area contributed by atoms with Gasteiger partial charge in [0.1, 0.15) is 5.60 Å². The van der Waals surface area contributed by atoms with Crippen molar-refractivity contribution >= 4 is 32.7 Å². The number of nitrogens with zero attached hydrogens (tertiary/aromatic N) is 2. The minimum absolute atomic E-state index is 0.443. The van der Waals surface area contributed by atoms with Crippen molar-refractivity contribution in [1.82, 2.24) is 9.55 Å². The van der Waals surface area contributed by atoms with Crippen LogP contribution in [0.5, 0.6) is 0 Å². The highest BCUT2D eigenvalue weighted by molar-refractivity contribution is 6.17. The van der Waals surface area contributed by atoms with Crippen LogP contribution in [-0.4, -0.2) is 16.2 Å². The zero-order valence-electron chi connectivity index (χ0n) is 14.6. The Labute approximate surface area is 141 Å². The zero-order chi connectivity index (χ0) is 16.9. The lowest BCUT2D eigenvalue weighted by molar-refractivity contribution is -0.0157. The Morgan fingerprint density at radius 3 is 2.42 bits per heavy atom. The van der Waals surface area contributed by atoms with Gasteiger partial charge in [0.15, 0.2) is 0 Å². The Kier molecular flexibility index (Phi) is 3.36. The van der Waals surface area contributed by atoms with Crippen LogP contribution in [0.2, 0.25) is 0 Å². The molecule has 0 radical (unpaired) electrons. The first-order chi connectivity index (χ1) is 11.5. The summed E-state index contributed by atoms with van der Waals surface area (Å²) in [6, 6.07) is 16.9. The predicted octanol–water partition coefficient (Wildman–Crippen LogP) is 5.15. The zero-order valence-corrected chi connectivity index (χ0v) is 14.6. The van der Waals surface area contributed by atoms with Gasteiger partial charge in [0, 0.05) is 35.3 Å². The third kappa shape index (κ3) is 2.05. The smallest absolute Gasteiger partial charge is 0.105 e. The van der Waals surface area contributed by atoms with Gasteiger partial charge in [0.25, 0.3) is 0 Å². The second-order valence-electron chi connectivity index (χ2n) is 6.72. The van der Waals surface area contributed by atoms with E-state index in [-0.39, 0.29) is 0 Å². The maximum atomic E-state index is 6.06. The Morgan fingerprint density at radius 2 is 1.67 bits per heavy atom. The first-order valence-corrected chi connectivity index (χ1v) is 8.45. The first-order valence-electron chi connectivity index (χ1n) is 8.45. The molecule has 0 fully saturated rings. The molecule has 0 saturated heterocycles.